The summed E-state index contributed by atoms with van der Waals surface area (Å²) >= 11 is 7.12. The Morgan fingerprint density at radius 2 is 2.21 bits per heavy atom. The fourth-order valence-corrected chi connectivity index (χ4v) is 2.42. The fraction of sp³-hybridized carbons (Fsp3) is 0.500. The molecule has 0 aliphatic heterocycles. The molecule has 0 saturated carbocycles. The number of carbonyl (C=O) groups is 1. The third kappa shape index (κ3) is 3.08. The quantitative estimate of drug-likeness (QED) is 0.743. The van der Waals surface area contributed by atoms with Crippen LogP contribution in [-0.4, -0.2) is 31.3 Å². The van der Waals surface area contributed by atoms with E-state index >= 15 is 0 Å². The summed E-state index contributed by atoms with van der Waals surface area (Å²) in [5, 5.41) is 0. The molecule has 0 N–H and O–H groups in total. The van der Waals surface area contributed by atoms with Crippen LogP contribution in [0.2, 0.25) is 4.34 Å². The van der Waals surface area contributed by atoms with Crippen molar-refractivity contribution < 1.29 is 4.79 Å². The van der Waals surface area contributed by atoms with Crippen LogP contribution >= 0.6 is 22.9 Å². The van der Waals surface area contributed by atoms with E-state index in [-0.39, 0.29) is 11.7 Å². The molecule has 0 amide bonds. The Morgan fingerprint density at radius 3 is 2.64 bits per heavy atom. The van der Waals surface area contributed by atoms with Gasteiger partial charge >= 0.3 is 0 Å². The van der Waals surface area contributed by atoms with Crippen molar-refractivity contribution in [3.8, 4) is 0 Å². The van der Waals surface area contributed by atoms with Crippen LogP contribution in [0.1, 0.15) is 16.6 Å². The van der Waals surface area contributed by atoms with E-state index in [4.69, 9.17) is 11.6 Å². The van der Waals surface area contributed by atoms with Crippen molar-refractivity contribution >= 4 is 28.7 Å². The lowest BCUT2D eigenvalue weighted by atomic mass is 10.1. The minimum atomic E-state index is 0.0275. The van der Waals surface area contributed by atoms with Gasteiger partial charge < -0.3 is 4.90 Å². The standard InChI is InChI=1S/C10H14ClNOS/c1-7(6-12(2)3)10(13)8-4-5-9(11)14-8/h4-5,7H,6H2,1-3H3. The van der Waals surface area contributed by atoms with Crippen LogP contribution in [-0.2, 0) is 0 Å². The van der Waals surface area contributed by atoms with Gasteiger partial charge in [-0.05, 0) is 26.2 Å². The summed E-state index contributed by atoms with van der Waals surface area (Å²) in [7, 11) is 3.93. The highest BCUT2D eigenvalue weighted by Gasteiger charge is 2.17. The average Bonchev–Trinajstić information content (AvgIpc) is 2.49. The first-order valence-corrected chi connectivity index (χ1v) is 5.64. The van der Waals surface area contributed by atoms with Crippen LogP contribution in [0.25, 0.3) is 0 Å². The molecule has 4 heteroatoms. The molecule has 0 saturated heterocycles. The third-order valence-electron chi connectivity index (χ3n) is 1.90. The first-order chi connectivity index (χ1) is 6.50. The van der Waals surface area contributed by atoms with Crippen LogP contribution < -0.4 is 0 Å². The highest BCUT2D eigenvalue weighted by molar-refractivity contribution is 7.18. The second-order valence-electron chi connectivity index (χ2n) is 3.63. The van der Waals surface area contributed by atoms with Crippen LogP contribution in [0.5, 0.6) is 0 Å². The Hall–Kier alpha value is -0.380. The average molecular weight is 232 g/mol. The lowest BCUT2D eigenvalue weighted by Gasteiger charge is -2.14. The lowest BCUT2D eigenvalue weighted by Crippen LogP contribution is -2.25. The largest absolute Gasteiger partial charge is 0.309 e. The van der Waals surface area contributed by atoms with E-state index in [0.717, 1.165) is 11.4 Å². The van der Waals surface area contributed by atoms with Gasteiger partial charge in [-0.25, -0.2) is 0 Å². The van der Waals surface area contributed by atoms with Gasteiger partial charge in [0.05, 0.1) is 9.21 Å². The maximum Gasteiger partial charge on any atom is 0.176 e. The number of halogens is 1. The zero-order valence-corrected chi connectivity index (χ0v) is 10.2. The van der Waals surface area contributed by atoms with Gasteiger partial charge in [-0.15, -0.1) is 11.3 Å². The number of hydrogen-bond donors (Lipinski definition) is 0. The molecule has 2 nitrogen and oxygen atoms in total. The second kappa shape index (κ2) is 4.91. The van der Waals surface area contributed by atoms with Gasteiger partial charge in [0.15, 0.2) is 5.78 Å². The predicted molar refractivity (Wildman–Crippen MR) is 61.4 cm³/mol. The summed E-state index contributed by atoms with van der Waals surface area (Å²) < 4.78 is 0.672. The van der Waals surface area contributed by atoms with E-state index in [1.807, 2.05) is 25.9 Å². The molecule has 0 aliphatic carbocycles. The van der Waals surface area contributed by atoms with E-state index in [2.05, 4.69) is 0 Å². The van der Waals surface area contributed by atoms with Crippen molar-refractivity contribution in [1.82, 2.24) is 4.90 Å². The van der Waals surface area contributed by atoms with Gasteiger partial charge in [0.2, 0.25) is 0 Å². The van der Waals surface area contributed by atoms with Crippen molar-refractivity contribution in [1.29, 1.82) is 0 Å². The maximum absolute atomic E-state index is 11.8. The van der Waals surface area contributed by atoms with Crippen LogP contribution in [0.3, 0.4) is 0 Å². The molecule has 14 heavy (non-hydrogen) atoms. The Kier molecular flexibility index (Phi) is 4.11. The summed E-state index contributed by atoms with van der Waals surface area (Å²) in [5.41, 5.74) is 0. The Morgan fingerprint density at radius 1 is 1.57 bits per heavy atom. The van der Waals surface area contributed by atoms with Crippen molar-refractivity contribution in [2.24, 2.45) is 5.92 Å². The number of thiophene rings is 1. The van der Waals surface area contributed by atoms with Gasteiger partial charge in [0.1, 0.15) is 0 Å². The van der Waals surface area contributed by atoms with Crippen LogP contribution in [0.15, 0.2) is 12.1 Å². The molecule has 0 aliphatic rings. The zero-order valence-electron chi connectivity index (χ0n) is 8.58. The lowest BCUT2D eigenvalue weighted by molar-refractivity contribution is 0.0914. The SMILES string of the molecule is CC(CN(C)C)C(=O)c1ccc(Cl)s1. The Labute approximate surface area is 93.5 Å². The Balaban J connectivity index is 2.65. The molecular weight excluding hydrogens is 218 g/mol. The van der Waals surface area contributed by atoms with Crippen molar-refractivity contribution in [2.75, 3.05) is 20.6 Å². The van der Waals surface area contributed by atoms with E-state index in [1.165, 1.54) is 11.3 Å². The monoisotopic (exact) mass is 231 g/mol. The molecule has 0 aromatic carbocycles. The number of ketones is 1. The molecule has 1 rings (SSSR count). The van der Waals surface area contributed by atoms with E-state index < -0.39 is 0 Å². The molecule has 0 radical (unpaired) electrons. The first-order valence-electron chi connectivity index (χ1n) is 4.45. The molecule has 1 aromatic rings. The number of Topliss-reactive ketones (excluding diaryl/α,β-unsaturated/α-hetero) is 1. The molecule has 0 bridgehead atoms. The minimum absolute atomic E-state index is 0.0275. The summed E-state index contributed by atoms with van der Waals surface area (Å²) in [5.74, 6) is 0.204. The smallest absolute Gasteiger partial charge is 0.176 e. The molecule has 1 aromatic heterocycles. The van der Waals surface area contributed by atoms with E-state index in [1.54, 1.807) is 12.1 Å². The van der Waals surface area contributed by atoms with Gasteiger partial charge in [-0.1, -0.05) is 18.5 Å². The van der Waals surface area contributed by atoms with E-state index in [9.17, 15) is 4.79 Å². The van der Waals surface area contributed by atoms with Crippen LogP contribution in [0.4, 0.5) is 0 Å². The number of rotatable bonds is 4. The van der Waals surface area contributed by atoms with Crippen LogP contribution in [0, 0.1) is 5.92 Å². The van der Waals surface area contributed by atoms with Gasteiger partial charge in [-0.3, -0.25) is 4.79 Å². The topological polar surface area (TPSA) is 20.3 Å². The normalized spacial score (nSPS) is 13.2. The van der Waals surface area contributed by atoms with Gasteiger partial charge in [0, 0.05) is 12.5 Å². The van der Waals surface area contributed by atoms with Crippen molar-refractivity contribution in [3.05, 3.63) is 21.3 Å². The number of carbonyl (C=O) groups excluding carboxylic acids is 1. The summed E-state index contributed by atoms with van der Waals surface area (Å²) in [6.45, 7) is 2.71. The van der Waals surface area contributed by atoms with Crippen molar-refractivity contribution in [3.63, 3.8) is 0 Å². The highest BCUT2D eigenvalue weighted by Crippen LogP contribution is 2.23. The molecule has 1 atom stereocenters. The number of hydrogen-bond acceptors (Lipinski definition) is 3. The Bertz CT molecular complexity index is 322. The number of nitrogens with zero attached hydrogens (tertiary/aromatic N) is 1. The fourth-order valence-electron chi connectivity index (χ4n) is 1.32. The van der Waals surface area contributed by atoms with Gasteiger partial charge in [0.25, 0.3) is 0 Å². The third-order valence-corrected chi connectivity index (χ3v) is 3.15. The molecular formula is C10H14ClNOS. The van der Waals surface area contributed by atoms with Crippen molar-refractivity contribution in [2.45, 2.75) is 6.92 Å². The predicted octanol–water partition coefficient (Wildman–Crippen LogP) is 2.78. The first kappa shape index (κ1) is 11.7. The maximum atomic E-state index is 11.8. The van der Waals surface area contributed by atoms with Gasteiger partial charge in [-0.2, -0.15) is 0 Å². The summed E-state index contributed by atoms with van der Waals surface area (Å²) in [4.78, 5) is 14.6. The molecule has 0 spiro atoms. The highest BCUT2D eigenvalue weighted by atomic mass is 35.5. The summed E-state index contributed by atoms with van der Waals surface area (Å²) in [6, 6.07) is 3.56. The summed E-state index contributed by atoms with van der Waals surface area (Å²) in [6.07, 6.45) is 0. The van der Waals surface area contributed by atoms with E-state index in [0.29, 0.717) is 4.34 Å². The zero-order chi connectivity index (χ0) is 10.7. The minimum Gasteiger partial charge on any atom is -0.309 e. The molecule has 78 valence electrons. The molecule has 0 fully saturated rings. The molecule has 1 heterocycles. The second-order valence-corrected chi connectivity index (χ2v) is 5.35. The molecule has 1 unspecified atom stereocenters.